The van der Waals surface area contributed by atoms with Crippen LogP contribution in [0.1, 0.15) is 0 Å². The minimum absolute atomic E-state index is 0. The fourth-order valence-corrected chi connectivity index (χ4v) is 0.145. The van der Waals surface area contributed by atoms with E-state index in [0.29, 0.717) is 0 Å². The molecule has 0 bridgehead atoms. The molecule has 0 fully saturated rings. The van der Waals surface area contributed by atoms with Crippen LogP contribution in [-0.2, 0) is 18.6 Å². The first-order valence-electron chi connectivity index (χ1n) is 1.58. The third kappa shape index (κ3) is 9.01. The summed E-state index contributed by atoms with van der Waals surface area (Å²) < 4.78 is 0. The first-order valence-corrected chi connectivity index (χ1v) is 1.58. The van der Waals surface area contributed by atoms with Crippen molar-refractivity contribution in [2.24, 2.45) is 11.5 Å². The van der Waals surface area contributed by atoms with Crippen LogP contribution in [0.3, 0.4) is 0 Å². The Kier molecular flexibility index (Phi) is 5.79. The molecule has 45 valence electrons. The van der Waals surface area contributed by atoms with Gasteiger partial charge in [-0.2, -0.15) is 0 Å². The van der Waals surface area contributed by atoms with Crippen LogP contribution in [0.25, 0.3) is 0 Å². The van der Waals surface area contributed by atoms with Crippen LogP contribution >= 0.6 is 0 Å². The normalized spacial score (nSPS) is 6.50. The quantitative estimate of drug-likeness (QED) is 0.212. The molecule has 8 heavy (non-hydrogen) atoms. The Morgan fingerprint density at radius 1 is 1.12 bits per heavy atom. The van der Waals surface area contributed by atoms with Crippen molar-refractivity contribution in [3.05, 3.63) is 0 Å². The number of nitrogens with two attached hydrogens (primary N) is 2. The van der Waals surface area contributed by atoms with Crippen LogP contribution in [0.5, 0.6) is 0 Å². The summed E-state index contributed by atoms with van der Waals surface area (Å²) >= 11 is 0. The summed E-state index contributed by atoms with van der Waals surface area (Å²) in [5, 5.41) is 15.0. The first-order chi connectivity index (χ1) is 3.13. The summed E-state index contributed by atoms with van der Waals surface area (Å²) in [4.78, 5) is 0. The summed E-state index contributed by atoms with van der Waals surface area (Å²) in [6.07, 6.45) is 0. The van der Waals surface area contributed by atoms with Crippen LogP contribution in [0.15, 0.2) is 0 Å². The molecule has 0 aliphatic carbocycles. The summed E-state index contributed by atoms with van der Waals surface area (Å²) in [7, 11) is 0. The fourth-order valence-electron chi connectivity index (χ4n) is 0.145. The van der Waals surface area contributed by atoms with Gasteiger partial charge in [0.05, 0.1) is 0 Å². The van der Waals surface area contributed by atoms with Crippen molar-refractivity contribution in [3.8, 4) is 0 Å². The third-order valence-corrected chi connectivity index (χ3v) is 0.269. The predicted octanol–water partition coefficient (Wildman–Crippen LogP) is -1.64. The molecular weight excluding hydrogens is 145 g/mol. The SMILES string of the molecule is N=C(N)NC(=N)N.[V]. The van der Waals surface area contributed by atoms with E-state index in [1.54, 1.807) is 0 Å². The number of nitrogens with one attached hydrogen (secondary N) is 3. The van der Waals surface area contributed by atoms with E-state index >= 15 is 0 Å². The molecule has 0 aromatic heterocycles. The first kappa shape index (κ1) is 10.3. The maximum atomic E-state index is 6.47. The van der Waals surface area contributed by atoms with Gasteiger partial charge in [-0.25, -0.2) is 0 Å². The van der Waals surface area contributed by atoms with Crippen molar-refractivity contribution in [3.63, 3.8) is 0 Å². The molecule has 0 saturated carbocycles. The van der Waals surface area contributed by atoms with Gasteiger partial charge in [0, 0.05) is 18.6 Å². The van der Waals surface area contributed by atoms with Crippen molar-refractivity contribution in [2.75, 3.05) is 0 Å². The van der Waals surface area contributed by atoms with E-state index in [0.717, 1.165) is 0 Å². The monoisotopic (exact) mass is 152 g/mol. The molecule has 0 aromatic rings. The smallest absolute Gasteiger partial charge is 0.192 e. The largest absolute Gasteiger partial charge is 0.370 e. The molecule has 0 amide bonds. The zero-order valence-corrected chi connectivity index (χ0v) is 5.50. The average molecular weight is 152 g/mol. The topological polar surface area (TPSA) is 112 Å². The van der Waals surface area contributed by atoms with E-state index in [2.05, 4.69) is 0 Å². The Labute approximate surface area is 58.7 Å². The minimum atomic E-state index is -0.312. The molecule has 0 rings (SSSR count). The Bertz CT molecular complexity index is 86.6. The maximum Gasteiger partial charge on any atom is 0.192 e. The summed E-state index contributed by atoms with van der Waals surface area (Å²) in [5.41, 5.74) is 9.49. The standard InChI is InChI=1S/C2H7N5.V/c3-1(4)7-2(5)6;/h(H7,3,4,5,6,7);. The second-order valence-electron chi connectivity index (χ2n) is 0.952. The van der Waals surface area contributed by atoms with E-state index in [9.17, 15) is 0 Å². The zero-order chi connectivity index (χ0) is 5.86. The van der Waals surface area contributed by atoms with E-state index in [1.165, 1.54) is 0 Å². The number of rotatable bonds is 0. The molecular formula is C2H7N5V. The average Bonchev–Trinajstić information content (AvgIpc) is 1.27. The maximum absolute atomic E-state index is 6.47. The van der Waals surface area contributed by atoms with E-state index < -0.39 is 0 Å². The Morgan fingerprint density at radius 3 is 1.38 bits per heavy atom. The number of hydrogen-bond donors (Lipinski definition) is 5. The van der Waals surface area contributed by atoms with Gasteiger partial charge in [0.2, 0.25) is 0 Å². The van der Waals surface area contributed by atoms with Gasteiger partial charge in [-0.15, -0.1) is 0 Å². The van der Waals surface area contributed by atoms with Gasteiger partial charge in [0.1, 0.15) is 0 Å². The van der Waals surface area contributed by atoms with Crippen molar-refractivity contribution in [1.29, 1.82) is 10.8 Å². The summed E-state index contributed by atoms with van der Waals surface area (Å²) in [5.74, 6) is -0.625. The van der Waals surface area contributed by atoms with Gasteiger partial charge < -0.3 is 11.5 Å². The molecule has 0 aromatic carbocycles. The van der Waals surface area contributed by atoms with Gasteiger partial charge in [-0.1, -0.05) is 0 Å². The van der Waals surface area contributed by atoms with Crippen molar-refractivity contribution in [1.82, 2.24) is 5.32 Å². The van der Waals surface area contributed by atoms with Crippen molar-refractivity contribution < 1.29 is 18.6 Å². The van der Waals surface area contributed by atoms with Crippen molar-refractivity contribution >= 4 is 11.9 Å². The van der Waals surface area contributed by atoms with Crippen LogP contribution in [0.2, 0.25) is 0 Å². The summed E-state index contributed by atoms with van der Waals surface area (Å²) in [6, 6.07) is 0. The zero-order valence-electron chi connectivity index (χ0n) is 4.10. The van der Waals surface area contributed by atoms with Gasteiger partial charge in [-0.3, -0.25) is 16.1 Å². The Hall–Kier alpha value is -0.676. The molecule has 0 saturated heterocycles. The van der Waals surface area contributed by atoms with Gasteiger partial charge in [0.25, 0.3) is 0 Å². The molecule has 7 N–H and O–H groups in total. The molecule has 0 unspecified atom stereocenters. The molecule has 0 spiro atoms. The second-order valence-corrected chi connectivity index (χ2v) is 0.952. The third-order valence-electron chi connectivity index (χ3n) is 0.269. The van der Waals surface area contributed by atoms with E-state index in [-0.39, 0.29) is 30.5 Å². The van der Waals surface area contributed by atoms with Crippen molar-refractivity contribution in [2.45, 2.75) is 0 Å². The molecule has 0 heterocycles. The molecule has 1 radical (unpaired) electrons. The molecule has 0 aliphatic rings. The van der Waals surface area contributed by atoms with Crippen LogP contribution in [-0.4, -0.2) is 11.9 Å². The van der Waals surface area contributed by atoms with E-state index in [4.69, 9.17) is 22.3 Å². The molecule has 6 heteroatoms. The van der Waals surface area contributed by atoms with E-state index in [1.807, 2.05) is 5.32 Å². The molecule has 0 atom stereocenters. The van der Waals surface area contributed by atoms with Gasteiger partial charge in [0.15, 0.2) is 11.9 Å². The second kappa shape index (κ2) is 4.48. The Balaban J connectivity index is 0. The number of hydrogen-bond acceptors (Lipinski definition) is 2. The predicted molar refractivity (Wildman–Crippen MR) is 27.0 cm³/mol. The van der Waals surface area contributed by atoms with Crippen LogP contribution < -0.4 is 16.8 Å². The fraction of sp³-hybridized carbons (Fsp3) is 0. The Morgan fingerprint density at radius 2 is 1.38 bits per heavy atom. The van der Waals surface area contributed by atoms with Gasteiger partial charge in [-0.05, 0) is 0 Å². The molecule has 5 nitrogen and oxygen atoms in total. The van der Waals surface area contributed by atoms with Crippen LogP contribution in [0.4, 0.5) is 0 Å². The number of guanidine groups is 2. The van der Waals surface area contributed by atoms with Crippen LogP contribution in [0, 0.1) is 10.8 Å². The molecule has 0 aliphatic heterocycles. The summed E-state index contributed by atoms with van der Waals surface area (Å²) in [6.45, 7) is 0. The minimum Gasteiger partial charge on any atom is -0.370 e. The van der Waals surface area contributed by atoms with Gasteiger partial charge >= 0.3 is 0 Å².